The number of amides is 1. The minimum atomic E-state index is 0.0798. The number of rotatable bonds is 5. The van der Waals surface area contributed by atoms with Gasteiger partial charge in [0.2, 0.25) is 5.91 Å². The van der Waals surface area contributed by atoms with Gasteiger partial charge in [-0.25, -0.2) is 0 Å². The number of fused-ring (bicyclic) bond motifs is 1. The molecule has 3 rings (SSSR count). The largest absolute Gasteiger partial charge is 0.356 e. The molecule has 2 heterocycles. The van der Waals surface area contributed by atoms with Crippen molar-refractivity contribution in [3.05, 3.63) is 29.8 Å². The van der Waals surface area contributed by atoms with E-state index in [1.54, 1.807) is 7.05 Å². The molecule has 2 aliphatic rings. The average molecular weight is 372 g/mol. The quantitative estimate of drug-likeness (QED) is 0.550. The van der Waals surface area contributed by atoms with Gasteiger partial charge in [-0.2, -0.15) is 0 Å². The summed E-state index contributed by atoms with van der Waals surface area (Å²) in [7, 11) is 1.80. The van der Waals surface area contributed by atoms with Gasteiger partial charge in [-0.15, -0.1) is 0 Å². The van der Waals surface area contributed by atoms with Crippen LogP contribution in [0.3, 0.4) is 0 Å². The SMILES string of the molecule is CN=C(NCC1CC(=O)Nc2ccccc21)NCC(C)N1CCCCC1C. The first-order valence-electron chi connectivity index (χ1n) is 10.2. The van der Waals surface area contributed by atoms with E-state index in [1.807, 2.05) is 18.2 Å². The van der Waals surface area contributed by atoms with E-state index in [0.717, 1.165) is 18.2 Å². The Kier molecular flexibility index (Phi) is 6.72. The monoisotopic (exact) mass is 371 g/mol. The molecule has 0 spiro atoms. The summed E-state index contributed by atoms with van der Waals surface area (Å²) in [6.45, 7) is 7.35. The van der Waals surface area contributed by atoms with Crippen LogP contribution in [0.5, 0.6) is 0 Å². The van der Waals surface area contributed by atoms with Gasteiger partial charge in [0, 0.05) is 50.2 Å². The number of carbonyl (C=O) groups is 1. The van der Waals surface area contributed by atoms with Crippen LogP contribution >= 0.6 is 0 Å². The molecule has 0 bridgehead atoms. The summed E-state index contributed by atoms with van der Waals surface area (Å²) in [5.41, 5.74) is 2.12. The fourth-order valence-electron chi connectivity index (χ4n) is 4.26. The van der Waals surface area contributed by atoms with Crippen molar-refractivity contribution < 1.29 is 4.79 Å². The van der Waals surface area contributed by atoms with Gasteiger partial charge in [0.15, 0.2) is 5.96 Å². The fourth-order valence-corrected chi connectivity index (χ4v) is 4.26. The van der Waals surface area contributed by atoms with E-state index in [4.69, 9.17) is 0 Å². The first-order valence-corrected chi connectivity index (χ1v) is 10.2. The molecule has 1 aromatic carbocycles. The molecule has 3 N–H and O–H groups in total. The van der Waals surface area contributed by atoms with E-state index in [1.165, 1.54) is 31.4 Å². The van der Waals surface area contributed by atoms with Crippen LogP contribution < -0.4 is 16.0 Å². The Bertz CT molecular complexity index is 674. The van der Waals surface area contributed by atoms with Gasteiger partial charge in [0.1, 0.15) is 0 Å². The summed E-state index contributed by atoms with van der Waals surface area (Å²) in [6.07, 6.45) is 4.44. The number of nitrogens with one attached hydrogen (secondary N) is 3. The van der Waals surface area contributed by atoms with E-state index in [2.05, 4.69) is 45.8 Å². The Morgan fingerprint density at radius 3 is 2.93 bits per heavy atom. The second kappa shape index (κ2) is 9.22. The lowest BCUT2D eigenvalue weighted by atomic mass is 9.90. The molecule has 1 aromatic rings. The van der Waals surface area contributed by atoms with Crippen LogP contribution in [0.1, 0.15) is 51.0 Å². The van der Waals surface area contributed by atoms with Gasteiger partial charge < -0.3 is 16.0 Å². The highest BCUT2D eigenvalue weighted by Crippen LogP contribution is 2.31. The fraction of sp³-hybridized carbons (Fsp3) is 0.619. The Hall–Kier alpha value is -2.08. The predicted molar refractivity (Wildman–Crippen MR) is 111 cm³/mol. The lowest BCUT2D eigenvalue weighted by molar-refractivity contribution is -0.116. The standard InChI is InChI=1S/C21H33N5O/c1-15-8-6-7-11-26(15)16(2)13-23-21(22-3)24-14-17-12-20(27)25-19-10-5-4-9-18(17)19/h4-5,9-10,15-17H,6-8,11-14H2,1-3H3,(H,25,27)(H2,22,23,24). The number of anilines is 1. The van der Waals surface area contributed by atoms with E-state index in [-0.39, 0.29) is 11.8 Å². The highest BCUT2D eigenvalue weighted by atomic mass is 16.1. The smallest absolute Gasteiger partial charge is 0.225 e. The van der Waals surface area contributed by atoms with Crippen molar-refractivity contribution in [3.63, 3.8) is 0 Å². The number of carbonyl (C=O) groups excluding carboxylic acids is 1. The number of nitrogens with zero attached hydrogens (tertiary/aromatic N) is 2. The molecule has 27 heavy (non-hydrogen) atoms. The van der Waals surface area contributed by atoms with Crippen molar-refractivity contribution in [1.29, 1.82) is 0 Å². The molecule has 148 valence electrons. The minimum Gasteiger partial charge on any atom is -0.356 e. The number of para-hydroxylation sites is 1. The number of hydrogen-bond acceptors (Lipinski definition) is 3. The molecule has 1 fully saturated rings. The van der Waals surface area contributed by atoms with Gasteiger partial charge in [-0.1, -0.05) is 24.6 Å². The van der Waals surface area contributed by atoms with Crippen molar-refractivity contribution in [2.24, 2.45) is 4.99 Å². The van der Waals surface area contributed by atoms with Gasteiger partial charge in [0.25, 0.3) is 0 Å². The third-order valence-electron chi connectivity index (χ3n) is 5.83. The maximum Gasteiger partial charge on any atom is 0.225 e. The van der Waals surface area contributed by atoms with Gasteiger partial charge in [0.05, 0.1) is 0 Å². The van der Waals surface area contributed by atoms with Gasteiger partial charge in [-0.3, -0.25) is 14.7 Å². The first kappa shape index (κ1) is 19.7. The molecule has 3 unspecified atom stereocenters. The van der Waals surface area contributed by atoms with Crippen LogP contribution in [0.4, 0.5) is 5.69 Å². The molecular weight excluding hydrogens is 338 g/mol. The summed E-state index contributed by atoms with van der Waals surface area (Å²) in [5.74, 6) is 1.04. The van der Waals surface area contributed by atoms with Crippen LogP contribution in [-0.2, 0) is 4.79 Å². The Balaban J connectivity index is 1.52. The summed E-state index contributed by atoms with van der Waals surface area (Å²) < 4.78 is 0. The Morgan fingerprint density at radius 1 is 1.33 bits per heavy atom. The molecule has 0 radical (unpaired) electrons. The number of aliphatic imine (C=N–C) groups is 1. The predicted octanol–water partition coefficient (Wildman–Crippen LogP) is 2.54. The zero-order chi connectivity index (χ0) is 19.2. The topological polar surface area (TPSA) is 68.8 Å². The molecule has 1 amide bonds. The Morgan fingerprint density at radius 2 is 2.15 bits per heavy atom. The van der Waals surface area contributed by atoms with Crippen molar-refractivity contribution in [2.75, 3.05) is 32.0 Å². The highest BCUT2D eigenvalue weighted by molar-refractivity contribution is 5.94. The van der Waals surface area contributed by atoms with E-state index in [0.29, 0.717) is 25.0 Å². The van der Waals surface area contributed by atoms with Crippen molar-refractivity contribution in [1.82, 2.24) is 15.5 Å². The van der Waals surface area contributed by atoms with Crippen LogP contribution in [0.2, 0.25) is 0 Å². The van der Waals surface area contributed by atoms with Crippen molar-refractivity contribution in [3.8, 4) is 0 Å². The molecular formula is C21H33N5O. The number of guanidine groups is 1. The zero-order valence-electron chi connectivity index (χ0n) is 16.8. The number of likely N-dealkylation sites (tertiary alicyclic amines) is 1. The van der Waals surface area contributed by atoms with E-state index in [9.17, 15) is 4.79 Å². The lowest BCUT2D eigenvalue weighted by Gasteiger charge is -2.38. The number of piperidine rings is 1. The third-order valence-corrected chi connectivity index (χ3v) is 5.83. The third kappa shape index (κ3) is 5.01. The van der Waals surface area contributed by atoms with Crippen molar-refractivity contribution in [2.45, 2.75) is 57.5 Å². The molecule has 2 aliphatic heterocycles. The molecule has 0 saturated carbocycles. The van der Waals surface area contributed by atoms with E-state index >= 15 is 0 Å². The van der Waals surface area contributed by atoms with Crippen LogP contribution in [0, 0.1) is 0 Å². The number of hydrogen-bond donors (Lipinski definition) is 3. The molecule has 6 heteroatoms. The summed E-state index contributed by atoms with van der Waals surface area (Å²) in [6, 6.07) is 9.17. The average Bonchev–Trinajstić information content (AvgIpc) is 2.68. The molecule has 6 nitrogen and oxygen atoms in total. The summed E-state index contributed by atoms with van der Waals surface area (Å²) in [4.78, 5) is 18.9. The lowest BCUT2D eigenvalue weighted by Crippen LogP contribution is -2.50. The normalized spacial score (nSPS) is 24.7. The maximum atomic E-state index is 12.0. The van der Waals surface area contributed by atoms with Gasteiger partial charge >= 0.3 is 0 Å². The maximum absolute atomic E-state index is 12.0. The zero-order valence-corrected chi connectivity index (χ0v) is 16.8. The van der Waals surface area contributed by atoms with Crippen molar-refractivity contribution >= 4 is 17.6 Å². The first-order chi connectivity index (χ1) is 13.1. The molecule has 0 aromatic heterocycles. The second-order valence-corrected chi connectivity index (χ2v) is 7.80. The van der Waals surface area contributed by atoms with Gasteiger partial charge in [-0.05, 0) is 44.9 Å². The molecule has 0 aliphatic carbocycles. The van der Waals surface area contributed by atoms with Crippen LogP contribution in [-0.4, -0.2) is 55.5 Å². The molecule has 1 saturated heterocycles. The van der Waals surface area contributed by atoms with E-state index < -0.39 is 0 Å². The highest BCUT2D eigenvalue weighted by Gasteiger charge is 2.25. The Labute approximate surface area is 162 Å². The molecule has 3 atom stereocenters. The summed E-state index contributed by atoms with van der Waals surface area (Å²) in [5, 5.41) is 9.82. The second-order valence-electron chi connectivity index (χ2n) is 7.80. The van der Waals surface area contributed by atoms with Crippen LogP contribution in [0.15, 0.2) is 29.3 Å². The minimum absolute atomic E-state index is 0.0798. The summed E-state index contributed by atoms with van der Waals surface area (Å²) >= 11 is 0. The van der Waals surface area contributed by atoms with Crippen LogP contribution in [0.25, 0.3) is 0 Å². The number of benzene rings is 1.